The number of amides is 2. The molecule has 0 aromatic heterocycles. The van der Waals surface area contributed by atoms with E-state index < -0.39 is 23.4 Å². The van der Waals surface area contributed by atoms with E-state index >= 15 is 0 Å². The van der Waals surface area contributed by atoms with Gasteiger partial charge in [0.05, 0.1) is 26.1 Å². The lowest BCUT2D eigenvalue weighted by Gasteiger charge is -2.35. The number of nitrogens with zero attached hydrogens (tertiary/aromatic N) is 1. The number of anilines is 1. The van der Waals surface area contributed by atoms with Crippen LogP contribution in [0.4, 0.5) is 5.69 Å². The van der Waals surface area contributed by atoms with E-state index in [1.807, 2.05) is 13.0 Å². The number of carbonyl (C=O) groups excluding carboxylic acids is 3. The molecule has 2 atom stereocenters. The number of nitrogens with one attached hydrogen (secondary N) is 1. The lowest BCUT2D eigenvalue weighted by Crippen LogP contribution is -2.45. The number of hydrogen-bond acceptors (Lipinski definition) is 6. The first-order valence-corrected chi connectivity index (χ1v) is 9.73. The summed E-state index contributed by atoms with van der Waals surface area (Å²) in [6.45, 7) is 2.33. The molecule has 3 rings (SSSR count). The first-order valence-electron chi connectivity index (χ1n) is 9.73. The molecule has 0 spiro atoms. The van der Waals surface area contributed by atoms with Gasteiger partial charge in [0, 0.05) is 43.1 Å². The Morgan fingerprint density at radius 3 is 2.73 bits per heavy atom. The van der Waals surface area contributed by atoms with Crippen LogP contribution >= 0.6 is 0 Å². The van der Waals surface area contributed by atoms with Crippen LogP contribution in [0, 0.1) is 5.92 Å². The Kier molecular flexibility index (Phi) is 6.26. The summed E-state index contributed by atoms with van der Waals surface area (Å²) >= 11 is 0. The van der Waals surface area contributed by atoms with E-state index in [0.29, 0.717) is 11.3 Å². The van der Waals surface area contributed by atoms with Crippen LogP contribution in [0.1, 0.15) is 25.3 Å². The summed E-state index contributed by atoms with van der Waals surface area (Å²) in [5, 5.41) is 13.7. The Bertz CT molecular complexity index is 922. The van der Waals surface area contributed by atoms with E-state index in [2.05, 4.69) is 5.32 Å². The highest BCUT2D eigenvalue weighted by Gasteiger charge is 2.45. The van der Waals surface area contributed by atoms with E-state index in [9.17, 15) is 19.5 Å². The van der Waals surface area contributed by atoms with Crippen molar-refractivity contribution in [2.75, 3.05) is 32.6 Å². The third kappa shape index (κ3) is 3.82. The van der Waals surface area contributed by atoms with Gasteiger partial charge in [-0.2, -0.15) is 0 Å². The number of hydrogen-bond donors (Lipinski definition) is 2. The Hall–Kier alpha value is -3.13. The molecule has 1 aromatic rings. The maximum absolute atomic E-state index is 12.8. The summed E-state index contributed by atoms with van der Waals surface area (Å²) in [5.41, 5.74) is 0.559. The van der Waals surface area contributed by atoms with E-state index in [1.54, 1.807) is 29.2 Å². The standard InChI is InChI=1S/C22H26N2O6/c1-4-14-12-24(19(25)11-15(14)16(13-29-2)20(26)30-3)10-9-22(28)17-7-5-6-8-18(17)23-21(22)27/h4-8,13,15,28H,9-12H2,1-3H3,(H,23,27)/t15-,22-/m1/s1. The highest BCUT2D eigenvalue weighted by molar-refractivity contribution is 6.04. The number of carbonyl (C=O) groups is 3. The van der Waals surface area contributed by atoms with Gasteiger partial charge < -0.3 is 24.8 Å². The average molecular weight is 414 g/mol. The number of likely N-dealkylation sites (tertiary alicyclic amines) is 1. The highest BCUT2D eigenvalue weighted by atomic mass is 16.5. The quantitative estimate of drug-likeness (QED) is 0.318. The fourth-order valence-corrected chi connectivity index (χ4v) is 4.02. The third-order valence-electron chi connectivity index (χ3n) is 5.70. The van der Waals surface area contributed by atoms with Crippen molar-refractivity contribution < 1.29 is 29.0 Å². The lowest BCUT2D eigenvalue weighted by molar-refractivity contribution is -0.140. The molecule has 1 saturated heterocycles. The minimum atomic E-state index is -1.68. The maximum Gasteiger partial charge on any atom is 0.337 e. The molecule has 2 aliphatic heterocycles. The number of ether oxygens (including phenoxy) is 2. The van der Waals surface area contributed by atoms with Gasteiger partial charge in [0.15, 0.2) is 5.60 Å². The molecule has 2 heterocycles. The average Bonchev–Trinajstić information content (AvgIpc) is 3.01. The van der Waals surface area contributed by atoms with Crippen LogP contribution in [0.25, 0.3) is 0 Å². The number of piperidine rings is 1. The van der Waals surface area contributed by atoms with Crippen molar-refractivity contribution in [2.45, 2.75) is 25.4 Å². The zero-order valence-electron chi connectivity index (χ0n) is 17.3. The van der Waals surface area contributed by atoms with Crippen molar-refractivity contribution >= 4 is 23.5 Å². The number of rotatable bonds is 6. The molecule has 160 valence electrons. The molecule has 30 heavy (non-hydrogen) atoms. The Balaban J connectivity index is 1.76. The topological polar surface area (TPSA) is 105 Å². The van der Waals surface area contributed by atoms with Crippen molar-refractivity contribution in [3.8, 4) is 0 Å². The number of para-hydroxylation sites is 1. The van der Waals surface area contributed by atoms with Gasteiger partial charge in [-0.1, -0.05) is 24.3 Å². The molecule has 2 N–H and O–H groups in total. The molecule has 2 aliphatic rings. The Morgan fingerprint density at radius 2 is 2.07 bits per heavy atom. The van der Waals surface area contributed by atoms with E-state index in [4.69, 9.17) is 9.47 Å². The molecule has 8 nitrogen and oxygen atoms in total. The van der Waals surface area contributed by atoms with Gasteiger partial charge in [-0.3, -0.25) is 9.59 Å². The number of aliphatic hydroxyl groups is 1. The summed E-state index contributed by atoms with van der Waals surface area (Å²) in [7, 11) is 2.71. The van der Waals surface area contributed by atoms with Crippen molar-refractivity contribution in [1.29, 1.82) is 0 Å². The largest absolute Gasteiger partial charge is 0.504 e. The van der Waals surface area contributed by atoms with Gasteiger partial charge in [0.2, 0.25) is 5.91 Å². The summed E-state index contributed by atoms with van der Waals surface area (Å²) in [4.78, 5) is 39.0. The SMILES string of the molecule is CC=C1CN(CC[C@]2(O)C(=O)Nc3ccccc32)C(=O)C[C@H]1C(=COC)C(=O)OC. The van der Waals surface area contributed by atoms with E-state index in [1.165, 1.54) is 20.5 Å². The van der Waals surface area contributed by atoms with Crippen LogP contribution in [0.15, 0.2) is 47.7 Å². The number of methoxy groups -OCH3 is 2. The van der Waals surface area contributed by atoms with Gasteiger partial charge in [-0.05, 0) is 18.6 Å². The van der Waals surface area contributed by atoms with Crippen molar-refractivity contribution in [3.05, 3.63) is 53.3 Å². The number of esters is 1. The first kappa shape index (κ1) is 21.6. The number of benzene rings is 1. The van der Waals surface area contributed by atoms with Gasteiger partial charge in [-0.15, -0.1) is 0 Å². The molecule has 0 radical (unpaired) electrons. The molecule has 0 aliphatic carbocycles. The summed E-state index contributed by atoms with van der Waals surface area (Å²) in [6.07, 6.45) is 3.32. The molecule has 1 fully saturated rings. The fraction of sp³-hybridized carbons (Fsp3) is 0.409. The van der Waals surface area contributed by atoms with Crippen LogP contribution in [0.2, 0.25) is 0 Å². The zero-order valence-corrected chi connectivity index (χ0v) is 17.3. The predicted octanol–water partition coefficient (Wildman–Crippen LogP) is 1.71. The second-order valence-electron chi connectivity index (χ2n) is 7.35. The Labute approximate surface area is 175 Å². The zero-order chi connectivity index (χ0) is 21.9. The molecule has 0 unspecified atom stereocenters. The molecular weight excluding hydrogens is 388 g/mol. The molecule has 8 heteroatoms. The predicted molar refractivity (Wildman–Crippen MR) is 109 cm³/mol. The molecule has 2 amide bonds. The number of fused-ring (bicyclic) bond motifs is 1. The van der Waals surface area contributed by atoms with Gasteiger partial charge in [-0.25, -0.2) is 4.79 Å². The molecule has 0 saturated carbocycles. The van der Waals surface area contributed by atoms with Crippen molar-refractivity contribution in [1.82, 2.24) is 4.90 Å². The smallest absolute Gasteiger partial charge is 0.337 e. The molecular formula is C22H26N2O6. The van der Waals surface area contributed by atoms with Crippen LogP contribution < -0.4 is 5.32 Å². The second kappa shape index (κ2) is 8.71. The van der Waals surface area contributed by atoms with Crippen LogP contribution in [0.3, 0.4) is 0 Å². The minimum absolute atomic E-state index is 0.0705. The molecule has 0 bridgehead atoms. The summed E-state index contributed by atoms with van der Waals surface area (Å²) in [6, 6.07) is 6.98. The Morgan fingerprint density at radius 1 is 1.33 bits per heavy atom. The van der Waals surface area contributed by atoms with Crippen molar-refractivity contribution in [3.63, 3.8) is 0 Å². The third-order valence-corrected chi connectivity index (χ3v) is 5.70. The van der Waals surface area contributed by atoms with Crippen LogP contribution in [-0.4, -0.2) is 55.1 Å². The van der Waals surface area contributed by atoms with Gasteiger partial charge >= 0.3 is 5.97 Å². The van der Waals surface area contributed by atoms with Crippen molar-refractivity contribution in [2.24, 2.45) is 5.92 Å². The monoisotopic (exact) mass is 414 g/mol. The summed E-state index contributed by atoms with van der Waals surface area (Å²) in [5.74, 6) is -1.65. The molecule has 1 aromatic carbocycles. The van der Waals surface area contributed by atoms with Gasteiger partial charge in [0.1, 0.15) is 0 Å². The van der Waals surface area contributed by atoms with E-state index in [0.717, 1.165) is 5.57 Å². The van der Waals surface area contributed by atoms with E-state index in [-0.39, 0.29) is 37.4 Å². The normalized spacial score (nSPS) is 25.2. The van der Waals surface area contributed by atoms with Gasteiger partial charge in [0.25, 0.3) is 5.91 Å². The summed E-state index contributed by atoms with van der Waals surface area (Å²) < 4.78 is 9.85. The van der Waals surface area contributed by atoms with Crippen LogP contribution in [-0.2, 0) is 29.5 Å². The fourth-order valence-electron chi connectivity index (χ4n) is 4.02. The maximum atomic E-state index is 12.8. The highest BCUT2D eigenvalue weighted by Crippen LogP contribution is 2.39. The second-order valence-corrected chi connectivity index (χ2v) is 7.35. The minimum Gasteiger partial charge on any atom is -0.504 e. The number of allylic oxidation sites excluding steroid dienone is 1. The van der Waals surface area contributed by atoms with Crippen LogP contribution in [0.5, 0.6) is 0 Å². The lowest BCUT2D eigenvalue weighted by atomic mass is 9.84. The first-order chi connectivity index (χ1) is 14.3.